The quantitative estimate of drug-likeness (QED) is 0.0238. The van der Waals surface area contributed by atoms with Crippen molar-refractivity contribution < 1.29 is 82.4 Å². The Morgan fingerprint density at radius 2 is 1.20 bits per heavy atom. The topological polar surface area (TPSA) is 560 Å². The number of nitrogens with two attached hydrogens (primary N) is 4. The van der Waals surface area contributed by atoms with E-state index in [-0.39, 0.29) is 58.0 Å². The standard InChI is InChI=1S/C57H85N17O17/c1-29(2)47(56(90)64-27-46(80)81)73-51(85)36(14-7-9-19-59)67-53(87)39(23-43(61)75)69-48(82)30(3)66-50(84)37(16-17-44(76)77)68-55(89)42-15-10-20-74(42)57(91)41(21-31-25-63-35-13-5-4-11-33(31)35)72-52(86)38(22-32-26-62-28-65-32)71-54(88)40(24-45(78)79)70-49(83)34(60)12-6-8-18-58/h4-5,11,13,25-26,28-30,34,36-42,47,63H,6-10,12,14-24,27,58-60H2,1-3H3,(H2,61,75)(H,62,65)(H,64,90)(H,66,84)(H,67,87)(H,68,89)(H,69,82)(H,70,83)(H,71,88)(H,72,86)(H,73,85)(H,76,77)(H,78,79)(H,80,81)/t30-,34-,36-,37-,38-,39-,40-,41-,42-,47-/m0/s1. The third kappa shape index (κ3) is 24.0. The summed E-state index contributed by atoms with van der Waals surface area (Å²) in [6.07, 6.45) is 2.80. The minimum atomic E-state index is -1.77. The minimum Gasteiger partial charge on any atom is -0.481 e. The molecule has 3 aromatic rings. The van der Waals surface area contributed by atoms with Crippen LogP contribution in [-0.2, 0) is 80.0 Å². The number of fused-ring (bicyclic) bond motifs is 1. The second-order valence-electron chi connectivity index (χ2n) is 22.3. The summed E-state index contributed by atoms with van der Waals surface area (Å²) in [4.78, 5) is 198. The van der Waals surface area contributed by atoms with Gasteiger partial charge >= 0.3 is 17.9 Å². The predicted molar refractivity (Wildman–Crippen MR) is 322 cm³/mol. The minimum absolute atomic E-state index is 0.00254. The predicted octanol–water partition coefficient (Wildman–Crippen LogP) is -4.78. The van der Waals surface area contributed by atoms with Crippen LogP contribution in [0, 0.1) is 5.92 Å². The molecule has 2 aromatic heterocycles. The molecule has 500 valence electrons. The van der Waals surface area contributed by atoms with Gasteiger partial charge < -0.3 is 101 Å². The number of imidazole rings is 1. The van der Waals surface area contributed by atoms with Crippen molar-refractivity contribution in [2.75, 3.05) is 26.2 Å². The molecule has 11 amide bonds. The first kappa shape index (κ1) is 73.9. The molecule has 0 saturated carbocycles. The number of carbonyl (C=O) groups is 14. The number of carboxylic acids is 3. The maximum atomic E-state index is 15.0. The summed E-state index contributed by atoms with van der Waals surface area (Å²) in [5, 5.41) is 51.0. The molecule has 0 bridgehead atoms. The Labute approximate surface area is 522 Å². The molecule has 0 unspecified atom stereocenters. The van der Waals surface area contributed by atoms with Gasteiger partial charge in [-0.3, -0.25) is 67.1 Å². The molecule has 34 heteroatoms. The first-order chi connectivity index (χ1) is 43.1. The summed E-state index contributed by atoms with van der Waals surface area (Å²) >= 11 is 0. The molecule has 4 rings (SSSR count). The zero-order valence-electron chi connectivity index (χ0n) is 50.9. The van der Waals surface area contributed by atoms with E-state index in [1.165, 1.54) is 12.5 Å². The number of primary amides is 1. The lowest BCUT2D eigenvalue weighted by Crippen LogP contribution is -2.61. The number of aromatic nitrogens is 3. The highest BCUT2D eigenvalue weighted by Crippen LogP contribution is 2.24. The Balaban J connectivity index is 1.58. The van der Waals surface area contributed by atoms with Gasteiger partial charge in [0, 0.05) is 54.8 Å². The highest BCUT2D eigenvalue weighted by atomic mass is 16.4. The SMILES string of the molecule is CC(C)[C@H](NC(=O)[C@H](CCCCN)NC(=O)[C@H](CC(N)=O)NC(=O)[C@H](C)NC(=O)[C@H](CCC(=O)O)NC(=O)[C@@H]1CCCN1C(=O)[C@H](Cc1c[nH]c2ccccc12)NC(=O)[C@H](Cc1cnc[nH]1)NC(=O)[C@H](CC(=O)O)NC(=O)[C@@H](N)CCCCN)C(=O)NCC(=O)O. The summed E-state index contributed by atoms with van der Waals surface area (Å²) in [7, 11) is 0. The van der Waals surface area contributed by atoms with E-state index < -0.39 is 181 Å². The number of benzene rings is 1. The molecule has 1 saturated heterocycles. The number of amides is 11. The highest BCUT2D eigenvalue weighted by Gasteiger charge is 2.41. The number of carboxylic acid groups (broad SMARTS) is 3. The number of hydrogen-bond donors (Lipinski definition) is 18. The van der Waals surface area contributed by atoms with Gasteiger partial charge in [0.05, 0.1) is 25.2 Å². The molecule has 1 aliphatic heterocycles. The Bertz CT molecular complexity index is 3050. The Morgan fingerprint density at radius 3 is 1.81 bits per heavy atom. The lowest BCUT2D eigenvalue weighted by Gasteiger charge is -2.31. The molecule has 34 nitrogen and oxygen atoms in total. The molecule has 1 aliphatic rings. The first-order valence-electron chi connectivity index (χ1n) is 29.8. The highest BCUT2D eigenvalue weighted by molar-refractivity contribution is 6.00. The molecule has 0 radical (unpaired) electrons. The number of hydrogen-bond acceptors (Lipinski definition) is 18. The first-order valence-corrected chi connectivity index (χ1v) is 29.8. The molecule has 1 aromatic carbocycles. The van der Waals surface area contributed by atoms with E-state index in [1.807, 2.05) is 0 Å². The largest absolute Gasteiger partial charge is 0.481 e. The van der Waals surface area contributed by atoms with Crippen molar-refractivity contribution in [2.24, 2.45) is 28.9 Å². The summed E-state index contributed by atoms with van der Waals surface area (Å²) in [6.45, 7) is 4.04. The van der Waals surface area contributed by atoms with Gasteiger partial charge in [-0.05, 0) is 88.9 Å². The van der Waals surface area contributed by atoms with Crippen LogP contribution in [0.5, 0.6) is 0 Å². The summed E-state index contributed by atoms with van der Waals surface area (Å²) in [5.74, 6) is -15.5. The monoisotopic (exact) mass is 1280 g/mol. The van der Waals surface area contributed by atoms with E-state index >= 15 is 4.79 Å². The van der Waals surface area contributed by atoms with Crippen molar-refractivity contribution >= 4 is 93.8 Å². The molecule has 22 N–H and O–H groups in total. The lowest BCUT2D eigenvalue weighted by atomic mass is 10.0. The van der Waals surface area contributed by atoms with Crippen LogP contribution in [0.4, 0.5) is 0 Å². The zero-order chi connectivity index (χ0) is 67.5. The fourth-order valence-electron chi connectivity index (χ4n) is 9.88. The third-order valence-electron chi connectivity index (χ3n) is 14.8. The van der Waals surface area contributed by atoms with Crippen LogP contribution >= 0.6 is 0 Å². The fraction of sp³-hybridized carbons (Fsp3) is 0.561. The van der Waals surface area contributed by atoms with Crippen LogP contribution in [-0.4, -0.2) is 205 Å². The average molecular weight is 1280 g/mol. The number of likely N-dealkylation sites (tertiary alicyclic amines) is 1. The number of unbranched alkanes of at least 4 members (excludes halogenated alkanes) is 2. The molecular formula is C57H85N17O17. The van der Waals surface area contributed by atoms with Crippen molar-refractivity contribution in [3.8, 4) is 0 Å². The number of aromatic amines is 2. The second kappa shape index (κ2) is 36.8. The normalized spacial score (nSPS) is 15.8. The van der Waals surface area contributed by atoms with E-state index in [4.69, 9.17) is 28.0 Å². The Morgan fingerprint density at radius 1 is 0.615 bits per heavy atom. The summed E-state index contributed by atoms with van der Waals surface area (Å²) < 4.78 is 0. The third-order valence-corrected chi connectivity index (χ3v) is 14.8. The summed E-state index contributed by atoms with van der Waals surface area (Å²) in [6, 6.07) is -7.94. The van der Waals surface area contributed by atoms with Crippen LogP contribution < -0.4 is 70.8 Å². The van der Waals surface area contributed by atoms with Crippen molar-refractivity contribution in [2.45, 2.75) is 171 Å². The molecular weight excluding hydrogens is 1190 g/mol. The van der Waals surface area contributed by atoms with Gasteiger partial charge in [-0.25, -0.2) is 4.98 Å². The smallest absolute Gasteiger partial charge is 0.322 e. The maximum Gasteiger partial charge on any atom is 0.322 e. The van der Waals surface area contributed by atoms with E-state index in [1.54, 1.807) is 44.3 Å². The number of aliphatic carboxylic acids is 3. The summed E-state index contributed by atoms with van der Waals surface area (Å²) in [5.41, 5.74) is 24.2. The fourth-order valence-corrected chi connectivity index (χ4v) is 9.88. The van der Waals surface area contributed by atoms with Gasteiger partial charge in [-0.1, -0.05) is 38.5 Å². The number of H-pyrrole nitrogens is 2. The second-order valence-corrected chi connectivity index (χ2v) is 22.3. The van der Waals surface area contributed by atoms with Gasteiger partial charge in [-0.15, -0.1) is 0 Å². The number of nitrogens with one attached hydrogen (secondary N) is 11. The van der Waals surface area contributed by atoms with Crippen LogP contribution in [0.15, 0.2) is 43.0 Å². The van der Waals surface area contributed by atoms with Crippen LogP contribution in [0.3, 0.4) is 0 Å². The molecule has 0 spiro atoms. The molecule has 0 aliphatic carbocycles. The van der Waals surface area contributed by atoms with Crippen molar-refractivity contribution in [1.29, 1.82) is 0 Å². The van der Waals surface area contributed by atoms with Crippen molar-refractivity contribution in [3.63, 3.8) is 0 Å². The number of nitrogens with zero attached hydrogens (tertiary/aromatic N) is 2. The van der Waals surface area contributed by atoms with Crippen LogP contribution in [0.1, 0.15) is 109 Å². The zero-order valence-corrected chi connectivity index (χ0v) is 50.9. The van der Waals surface area contributed by atoms with Crippen molar-refractivity contribution in [1.82, 2.24) is 67.7 Å². The molecule has 1 fully saturated rings. The van der Waals surface area contributed by atoms with Crippen LogP contribution in [0.25, 0.3) is 10.9 Å². The van der Waals surface area contributed by atoms with Gasteiger partial charge in [0.1, 0.15) is 60.9 Å². The molecule has 3 heterocycles. The van der Waals surface area contributed by atoms with Gasteiger partial charge in [0.15, 0.2) is 0 Å². The average Bonchev–Trinajstić information content (AvgIpc) is 1.76. The van der Waals surface area contributed by atoms with Gasteiger partial charge in [0.25, 0.3) is 0 Å². The van der Waals surface area contributed by atoms with Gasteiger partial charge in [0.2, 0.25) is 65.0 Å². The van der Waals surface area contributed by atoms with E-state index in [0.717, 1.165) is 11.8 Å². The van der Waals surface area contributed by atoms with Crippen LogP contribution in [0.2, 0.25) is 0 Å². The maximum absolute atomic E-state index is 15.0. The molecule has 91 heavy (non-hydrogen) atoms. The van der Waals surface area contributed by atoms with E-state index in [2.05, 4.69) is 62.8 Å². The van der Waals surface area contributed by atoms with Gasteiger partial charge in [-0.2, -0.15) is 0 Å². The van der Waals surface area contributed by atoms with Crippen molar-refractivity contribution in [3.05, 3.63) is 54.2 Å². The van der Waals surface area contributed by atoms with E-state index in [0.29, 0.717) is 48.0 Å². The Hall–Kier alpha value is -9.57. The number of para-hydroxylation sites is 1. The number of carbonyl (C=O) groups excluding carboxylic acids is 11. The number of rotatable bonds is 40. The van der Waals surface area contributed by atoms with E-state index in [9.17, 15) is 72.5 Å². The lowest BCUT2D eigenvalue weighted by molar-refractivity contribution is -0.143. The Kier molecular flexibility index (Phi) is 29.9. The molecule has 10 atom stereocenters.